The lowest BCUT2D eigenvalue weighted by Gasteiger charge is -2.10. The summed E-state index contributed by atoms with van der Waals surface area (Å²) in [5.74, 6) is -2.01. The van der Waals surface area contributed by atoms with Crippen LogP contribution in [0.5, 0.6) is 0 Å². The third kappa shape index (κ3) is 8.13. The number of alkyl halides is 2. The molecule has 0 saturated carbocycles. The lowest BCUT2D eigenvalue weighted by Crippen LogP contribution is -2.36. The Balaban J connectivity index is 3.53. The molecule has 0 aromatic carbocycles. The Morgan fingerprint density at radius 1 is 1.33 bits per heavy atom. The van der Waals surface area contributed by atoms with Crippen molar-refractivity contribution in [2.75, 3.05) is 18.1 Å². The van der Waals surface area contributed by atoms with Crippen LogP contribution in [-0.4, -0.2) is 52.7 Å². The average Bonchev–Trinajstić information content (AvgIpc) is 2.13. The van der Waals surface area contributed by atoms with Crippen molar-refractivity contribution in [1.82, 2.24) is 5.32 Å². The molecule has 0 aliphatic heterocycles. The zero-order valence-electron chi connectivity index (χ0n) is 7.65. The van der Waals surface area contributed by atoms with E-state index < -0.39 is 31.0 Å². The lowest BCUT2D eigenvalue weighted by atomic mass is 10.4. The second-order valence-electron chi connectivity index (χ2n) is 2.59. The van der Waals surface area contributed by atoms with Crippen LogP contribution in [-0.2, 0) is 9.59 Å². The quantitative estimate of drug-likeness (QED) is 0.563. The van der Waals surface area contributed by atoms with Gasteiger partial charge in [0.05, 0.1) is 11.5 Å². The molecule has 88 valence electrons. The molecule has 0 radical (unpaired) electrons. The van der Waals surface area contributed by atoms with Gasteiger partial charge in [0.25, 0.3) is 6.43 Å². The normalized spacial score (nSPS) is 12.5. The van der Waals surface area contributed by atoms with Crippen molar-refractivity contribution in [3.8, 4) is 0 Å². The molecule has 0 spiro atoms. The van der Waals surface area contributed by atoms with Crippen molar-refractivity contribution in [2.24, 2.45) is 0 Å². The number of nitrogens with one attached hydrogen (secondary N) is 1. The Bertz CT molecular complexity index is 227. The zero-order valence-corrected chi connectivity index (χ0v) is 8.47. The minimum Gasteiger partial charge on any atom is -0.481 e. The largest absolute Gasteiger partial charge is 0.481 e. The predicted octanol–water partition coefficient (Wildman–Crippen LogP) is -0.454. The van der Waals surface area contributed by atoms with Crippen LogP contribution < -0.4 is 5.32 Å². The number of carbonyl (C=O) groups is 2. The number of aliphatic hydroxyl groups is 1. The summed E-state index contributed by atoms with van der Waals surface area (Å²) in [6.07, 6.45) is -4.80. The van der Waals surface area contributed by atoms with Crippen LogP contribution in [0.1, 0.15) is 0 Å². The van der Waals surface area contributed by atoms with Crippen LogP contribution >= 0.6 is 11.8 Å². The van der Waals surface area contributed by atoms with Gasteiger partial charge in [0, 0.05) is 6.54 Å². The molecular weight excluding hydrogens is 232 g/mol. The molecule has 0 fully saturated rings. The van der Waals surface area contributed by atoms with E-state index in [0.717, 1.165) is 11.8 Å². The third-order valence-electron chi connectivity index (χ3n) is 1.26. The van der Waals surface area contributed by atoms with Crippen LogP contribution in [0.15, 0.2) is 0 Å². The van der Waals surface area contributed by atoms with E-state index in [0.29, 0.717) is 0 Å². The predicted molar refractivity (Wildman–Crippen MR) is 50.0 cm³/mol. The van der Waals surface area contributed by atoms with Gasteiger partial charge >= 0.3 is 5.97 Å². The maximum absolute atomic E-state index is 11.8. The first-order chi connectivity index (χ1) is 6.93. The summed E-state index contributed by atoms with van der Waals surface area (Å²) in [7, 11) is 0. The molecule has 5 nitrogen and oxygen atoms in total. The maximum Gasteiger partial charge on any atom is 0.313 e. The molecule has 0 heterocycles. The summed E-state index contributed by atoms with van der Waals surface area (Å²) >= 11 is 0.849. The third-order valence-corrected chi connectivity index (χ3v) is 2.18. The van der Waals surface area contributed by atoms with Gasteiger partial charge in [-0.05, 0) is 0 Å². The van der Waals surface area contributed by atoms with Gasteiger partial charge in [-0.3, -0.25) is 9.59 Å². The molecule has 0 rings (SSSR count). The number of aliphatic hydroxyl groups excluding tert-OH is 1. The van der Waals surface area contributed by atoms with E-state index in [4.69, 9.17) is 10.2 Å². The van der Waals surface area contributed by atoms with Gasteiger partial charge in [-0.15, -0.1) is 11.8 Å². The summed E-state index contributed by atoms with van der Waals surface area (Å²) in [6, 6.07) is 0. The number of carbonyl (C=O) groups excluding carboxylic acids is 1. The second kappa shape index (κ2) is 7.41. The standard InChI is InChI=1S/C7H11F2NO4S/c8-7(9)4(11)1-10-5(12)2-15-3-6(13)14/h4,7,11H,1-3H2,(H,10,12)(H,13,14). The molecule has 1 amide bonds. The first-order valence-corrected chi connectivity index (χ1v) is 5.11. The first kappa shape index (κ1) is 14.1. The molecule has 0 aromatic heterocycles. The highest BCUT2D eigenvalue weighted by Crippen LogP contribution is 2.00. The van der Waals surface area contributed by atoms with E-state index in [2.05, 4.69) is 5.32 Å². The topological polar surface area (TPSA) is 86.6 Å². The fourth-order valence-electron chi connectivity index (χ4n) is 0.590. The summed E-state index contributed by atoms with van der Waals surface area (Å²) in [5, 5.41) is 18.9. The molecule has 1 unspecified atom stereocenters. The molecule has 0 aliphatic rings. The van der Waals surface area contributed by atoms with Gasteiger partial charge in [-0.25, -0.2) is 8.78 Å². The van der Waals surface area contributed by atoms with Gasteiger partial charge in [0.1, 0.15) is 6.10 Å². The number of halogens is 2. The smallest absolute Gasteiger partial charge is 0.313 e. The van der Waals surface area contributed by atoms with E-state index in [1.165, 1.54) is 0 Å². The van der Waals surface area contributed by atoms with E-state index in [-0.39, 0.29) is 11.5 Å². The Hall–Kier alpha value is -0.890. The molecule has 0 aromatic rings. The number of thioether (sulfide) groups is 1. The molecule has 1 atom stereocenters. The highest BCUT2D eigenvalue weighted by atomic mass is 32.2. The van der Waals surface area contributed by atoms with E-state index in [1.54, 1.807) is 0 Å². The Morgan fingerprint density at radius 3 is 2.40 bits per heavy atom. The molecular formula is C7H11F2NO4S. The van der Waals surface area contributed by atoms with Crippen molar-refractivity contribution in [3.63, 3.8) is 0 Å². The van der Waals surface area contributed by atoms with Crippen LogP contribution in [0, 0.1) is 0 Å². The summed E-state index contributed by atoms with van der Waals surface area (Å²) in [5.41, 5.74) is 0. The van der Waals surface area contributed by atoms with Gasteiger partial charge in [0.2, 0.25) is 5.91 Å². The van der Waals surface area contributed by atoms with Crippen LogP contribution in [0.3, 0.4) is 0 Å². The molecule has 0 bridgehead atoms. The summed E-state index contributed by atoms with van der Waals surface area (Å²) in [6.45, 7) is -0.538. The minimum absolute atomic E-state index is 0.137. The van der Waals surface area contributed by atoms with Crippen molar-refractivity contribution < 1.29 is 28.6 Å². The molecule has 8 heteroatoms. The van der Waals surface area contributed by atoms with Crippen LogP contribution in [0.2, 0.25) is 0 Å². The van der Waals surface area contributed by atoms with Gasteiger partial charge < -0.3 is 15.5 Å². The number of carboxylic acids is 1. The Morgan fingerprint density at radius 2 is 1.93 bits per heavy atom. The molecule has 0 saturated heterocycles. The van der Waals surface area contributed by atoms with E-state index in [9.17, 15) is 18.4 Å². The van der Waals surface area contributed by atoms with Crippen molar-refractivity contribution >= 4 is 23.6 Å². The number of amides is 1. The molecule has 15 heavy (non-hydrogen) atoms. The van der Waals surface area contributed by atoms with Gasteiger partial charge in [0.15, 0.2) is 0 Å². The fourth-order valence-corrected chi connectivity index (χ4v) is 1.15. The van der Waals surface area contributed by atoms with Crippen molar-refractivity contribution in [1.29, 1.82) is 0 Å². The molecule has 0 aliphatic carbocycles. The fraction of sp³-hybridized carbons (Fsp3) is 0.714. The number of hydrogen-bond acceptors (Lipinski definition) is 4. The summed E-state index contributed by atoms with van der Waals surface area (Å²) in [4.78, 5) is 20.9. The Kier molecular flexibility index (Phi) is 6.97. The number of hydrogen-bond donors (Lipinski definition) is 3. The maximum atomic E-state index is 11.8. The number of rotatable bonds is 7. The highest BCUT2D eigenvalue weighted by molar-refractivity contribution is 8.00. The van der Waals surface area contributed by atoms with Crippen molar-refractivity contribution in [3.05, 3.63) is 0 Å². The van der Waals surface area contributed by atoms with Crippen LogP contribution in [0.25, 0.3) is 0 Å². The van der Waals surface area contributed by atoms with E-state index >= 15 is 0 Å². The Labute approximate surface area is 88.8 Å². The zero-order chi connectivity index (χ0) is 11.8. The number of carboxylic acid groups (broad SMARTS) is 1. The van der Waals surface area contributed by atoms with Crippen molar-refractivity contribution in [2.45, 2.75) is 12.5 Å². The van der Waals surface area contributed by atoms with Gasteiger partial charge in [-0.2, -0.15) is 0 Å². The average molecular weight is 243 g/mol. The highest BCUT2D eigenvalue weighted by Gasteiger charge is 2.17. The molecule has 3 N–H and O–H groups in total. The summed E-state index contributed by atoms with van der Waals surface area (Å²) < 4.78 is 23.5. The second-order valence-corrected chi connectivity index (χ2v) is 3.58. The van der Waals surface area contributed by atoms with Gasteiger partial charge in [-0.1, -0.05) is 0 Å². The monoisotopic (exact) mass is 243 g/mol. The van der Waals surface area contributed by atoms with Crippen LogP contribution in [0.4, 0.5) is 8.78 Å². The first-order valence-electron chi connectivity index (χ1n) is 3.96. The SMILES string of the molecule is O=C(O)CSCC(=O)NCC(O)C(F)F. The van der Waals surface area contributed by atoms with E-state index in [1.807, 2.05) is 0 Å². The lowest BCUT2D eigenvalue weighted by molar-refractivity contribution is -0.133. The minimum atomic E-state index is -2.91. The number of aliphatic carboxylic acids is 1.